The van der Waals surface area contributed by atoms with Gasteiger partial charge in [0.25, 0.3) is 0 Å². The van der Waals surface area contributed by atoms with Crippen LogP contribution in [-0.2, 0) is 22.4 Å². The molecule has 1 N–H and O–H groups in total. The summed E-state index contributed by atoms with van der Waals surface area (Å²) < 4.78 is 16.0. The summed E-state index contributed by atoms with van der Waals surface area (Å²) in [4.78, 5) is 35.7. The van der Waals surface area contributed by atoms with Crippen LogP contribution in [0.4, 0.5) is 4.79 Å². The SMILES string of the molecule is CC(C)(C)OC(=O)NCCCCCC(=O)Oc1ccc2c3c(c(=O)oc2c1)CCC3. The lowest BCUT2D eigenvalue weighted by Gasteiger charge is -2.19. The summed E-state index contributed by atoms with van der Waals surface area (Å²) in [6.45, 7) is 5.94. The Morgan fingerprint density at radius 2 is 1.87 bits per heavy atom. The van der Waals surface area contributed by atoms with E-state index in [0.717, 1.165) is 48.6 Å². The van der Waals surface area contributed by atoms with Gasteiger partial charge in [0, 0.05) is 30.0 Å². The van der Waals surface area contributed by atoms with E-state index in [4.69, 9.17) is 13.9 Å². The van der Waals surface area contributed by atoms with Crippen LogP contribution < -0.4 is 15.7 Å². The molecule has 2 aromatic rings. The lowest BCUT2D eigenvalue weighted by molar-refractivity contribution is -0.134. The maximum atomic E-state index is 12.1. The van der Waals surface area contributed by atoms with Crippen LogP contribution in [0.3, 0.4) is 0 Å². The molecule has 0 bridgehead atoms. The summed E-state index contributed by atoms with van der Waals surface area (Å²) in [5.41, 5.74) is 1.48. The average Bonchev–Trinajstić information content (AvgIpc) is 3.13. The zero-order valence-corrected chi connectivity index (χ0v) is 17.8. The second kappa shape index (κ2) is 9.32. The molecule has 0 saturated carbocycles. The van der Waals surface area contributed by atoms with Crippen LogP contribution in [0.15, 0.2) is 27.4 Å². The van der Waals surface area contributed by atoms with Crippen molar-refractivity contribution < 1.29 is 23.5 Å². The summed E-state index contributed by atoms with van der Waals surface area (Å²) >= 11 is 0. The second-order valence-electron chi connectivity index (χ2n) is 8.57. The molecule has 0 saturated heterocycles. The van der Waals surface area contributed by atoms with E-state index in [1.807, 2.05) is 26.8 Å². The first kappa shape index (κ1) is 21.9. The number of alkyl carbamates (subject to hydrolysis) is 1. The fourth-order valence-corrected chi connectivity index (χ4v) is 3.59. The number of carbonyl (C=O) groups excluding carboxylic acids is 2. The van der Waals surface area contributed by atoms with Gasteiger partial charge in [0.05, 0.1) is 0 Å². The van der Waals surface area contributed by atoms with Crippen molar-refractivity contribution in [2.45, 2.75) is 71.3 Å². The normalized spacial score (nSPS) is 13.2. The van der Waals surface area contributed by atoms with Crippen LogP contribution in [0.2, 0.25) is 0 Å². The highest BCUT2D eigenvalue weighted by molar-refractivity contribution is 5.84. The maximum Gasteiger partial charge on any atom is 0.407 e. The predicted octanol–water partition coefficient (Wildman–Crippen LogP) is 4.27. The smallest absolute Gasteiger partial charge is 0.407 e. The number of nitrogens with one attached hydrogen (secondary N) is 1. The molecule has 30 heavy (non-hydrogen) atoms. The molecule has 0 radical (unpaired) electrons. The maximum absolute atomic E-state index is 12.1. The van der Waals surface area contributed by atoms with E-state index >= 15 is 0 Å². The Morgan fingerprint density at radius 3 is 2.63 bits per heavy atom. The molecule has 1 aromatic carbocycles. The summed E-state index contributed by atoms with van der Waals surface area (Å²) in [6, 6.07) is 5.20. The van der Waals surface area contributed by atoms with Gasteiger partial charge in [-0.25, -0.2) is 9.59 Å². The standard InChI is InChI=1S/C23H29NO6/c1-23(2,3)30-22(27)24-13-6-4-5-10-20(25)28-15-11-12-17-16-8-7-9-18(16)21(26)29-19(17)14-15/h11-12,14H,4-10,13H2,1-3H3,(H,24,27). The van der Waals surface area contributed by atoms with E-state index in [9.17, 15) is 14.4 Å². The number of esters is 1. The molecule has 1 heterocycles. The first-order chi connectivity index (χ1) is 14.2. The fourth-order valence-electron chi connectivity index (χ4n) is 3.59. The van der Waals surface area contributed by atoms with Gasteiger partial charge in [0.1, 0.15) is 16.9 Å². The van der Waals surface area contributed by atoms with Crippen LogP contribution >= 0.6 is 0 Å². The third kappa shape index (κ3) is 5.84. The molecular formula is C23H29NO6. The third-order valence-corrected chi connectivity index (χ3v) is 4.90. The van der Waals surface area contributed by atoms with E-state index in [-0.39, 0.29) is 18.0 Å². The Kier molecular flexibility index (Phi) is 6.80. The lowest BCUT2D eigenvalue weighted by atomic mass is 10.1. The highest BCUT2D eigenvalue weighted by Crippen LogP contribution is 2.29. The summed E-state index contributed by atoms with van der Waals surface area (Å²) in [5, 5.41) is 3.61. The zero-order chi connectivity index (χ0) is 21.7. The van der Waals surface area contributed by atoms with E-state index < -0.39 is 11.7 Å². The lowest BCUT2D eigenvalue weighted by Crippen LogP contribution is -2.33. The molecule has 0 unspecified atom stereocenters. The number of ether oxygens (including phenoxy) is 2. The Hall–Kier alpha value is -2.83. The van der Waals surface area contributed by atoms with Crippen molar-refractivity contribution in [3.05, 3.63) is 39.7 Å². The van der Waals surface area contributed by atoms with Gasteiger partial charge in [-0.2, -0.15) is 0 Å². The molecule has 0 fully saturated rings. The Bertz CT molecular complexity index is 986. The quantitative estimate of drug-likeness (QED) is 0.314. The number of benzene rings is 1. The minimum Gasteiger partial charge on any atom is -0.444 e. The van der Waals surface area contributed by atoms with E-state index in [2.05, 4.69) is 5.32 Å². The Morgan fingerprint density at radius 1 is 1.10 bits per heavy atom. The number of carbonyl (C=O) groups is 2. The minimum absolute atomic E-state index is 0.276. The minimum atomic E-state index is -0.515. The molecule has 7 nitrogen and oxygen atoms in total. The summed E-state index contributed by atoms with van der Waals surface area (Å²) in [5.74, 6) is 0.0400. The molecule has 0 aliphatic heterocycles. The number of fused-ring (bicyclic) bond motifs is 3. The molecule has 7 heteroatoms. The van der Waals surface area contributed by atoms with Gasteiger partial charge < -0.3 is 19.2 Å². The first-order valence-electron chi connectivity index (χ1n) is 10.5. The summed E-state index contributed by atoms with van der Waals surface area (Å²) in [7, 11) is 0. The molecular weight excluding hydrogens is 386 g/mol. The van der Waals surface area contributed by atoms with Crippen LogP contribution in [0.25, 0.3) is 11.0 Å². The van der Waals surface area contributed by atoms with Gasteiger partial charge in [-0.3, -0.25) is 4.79 Å². The number of hydrogen-bond donors (Lipinski definition) is 1. The average molecular weight is 415 g/mol. The van der Waals surface area contributed by atoms with Gasteiger partial charge in [-0.05, 0) is 70.6 Å². The van der Waals surface area contributed by atoms with Crippen molar-refractivity contribution in [3.63, 3.8) is 0 Å². The Balaban J connectivity index is 1.42. The summed E-state index contributed by atoms with van der Waals surface area (Å²) in [6.07, 6.45) is 4.63. The van der Waals surface area contributed by atoms with Crippen LogP contribution in [0, 0.1) is 0 Å². The van der Waals surface area contributed by atoms with E-state index in [1.165, 1.54) is 0 Å². The second-order valence-corrected chi connectivity index (χ2v) is 8.57. The number of amides is 1. The zero-order valence-electron chi connectivity index (χ0n) is 17.8. The van der Waals surface area contributed by atoms with Crippen molar-refractivity contribution in [3.8, 4) is 5.75 Å². The topological polar surface area (TPSA) is 94.8 Å². The molecule has 0 spiro atoms. The largest absolute Gasteiger partial charge is 0.444 e. The van der Waals surface area contributed by atoms with Gasteiger partial charge in [0.2, 0.25) is 0 Å². The van der Waals surface area contributed by atoms with Crippen LogP contribution in [0.1, 0.15) is 64.0 Å². The molecule has 1 aliphatic rings. The monoisotopic (exact) mass is 415 g/mol. The molecule has 1 amide bonds. The van der Waals surface area contributed by atoms with Gasteiger partial charge in [-0.15, -0.1) is 0 Å². The van der Waals surface area contributed by atoms with Crippen molar-refractivity contribution in [1.82, 2.24) is 5.32 Å². The third-order valence-electron chi connectivity index (χ3n) is 4.90. The molecule has 0 atom stereocenters. The molecule has 3 rings (SSSR count). The molecule has 162 valence electrons. The van der Waals surface area contributed by atoms with E-state index in [0.29, 0.717) is 24.3 Å². The van der Waals surface area contributed by atoms with Gasteiger partial charge >= 0.3 is 17.7 Å². The van der Waals surface area contributed by atoms with Crippen LogP contribution in [-0.4, -0.2) is 24.2 Å². The number of hydrogen-bond acceptors (Lipinski definition) is 6. The van der Waals surface area contributed by atoms with Crippen molar-refractivity contribution in [2.75, 3.05) is 6.54 Å². The van der Waals surface area contributed by atoms with Crippen molar-refractivity contribution in [2.24, 2.45) is 0 Å². The highest BCUT2D eigenvalue weighted by Gasteiger charge is 2.20. The van der Waals surface area contributed by atoms with Crippen molar-refractivity contribution in [1.29, 1.82) is 0 Å². The molecule has 1 aliphatic carbocycles. The van der Waals surface area contributed by atoms with Crippen molar-refractivity contribution >= 4 is 23.0 Å². The predicted molar refractivity (Wildman–Crippen MR) is 113 cm³/mol. The Labute approximate surface area is 175 Å². The number of unbranched alkanes of at least 4 members (excludes halogenated alkanes) is 2. The number of rotatable bonds is 7. The first-order valence-corrected chi connectivity index (χ1v) is 10.5. The van der Waals surface area contributed by atoms with Crippen LogP contribution in [0.5, 0.6) is 5.75 Å². The number of aryl methyl sites for hydroxylation is 1. The highest BCUT2D eigenvalue weighted by atomic mass is 16.6. The van der Waals surface area contributed by atoms with E-state index in [1.54, 1.807) is 12.1 Å². The van der Waals surface area contributed by atoms with Gasteiger partial charge in [0.15, 0.2) is 0 Å². The fraction of sp³-hybridized carbons (Fsp3) is 0.522. The van der Waals surface area contributed by atoms with Gasteiger partial charge in [-0.1, -0.05) is 6.42 Å². The molecule has 1 aromatic heterocycles.